The summed E-state index contributed by atoms with van der Waals surface area (Å²) in [7, 11) is 0. The molecule has 0 radical (unpaired) electrons. The summed E-state index contributed by atoms with van der Waals surface area (Å²) >= 11 is 3.55. The van der Waals surface area contributed by atoms with Crippen molar-refractivity contribution in [2.45, 2.75) is 38.3 Å². The minimum atomic E-state index is -0.132. The minimum absolute atomic E-state index is 0.132. The third kappa shape index (κ3) is 4.85. The van der Waals surface area contributed by atoms with Crippen LogP contribution in [0.2, 0.25) is 0 Å². The fourth-order valence-electron chi connectivity index (χ4n) is 2.90. The van der Waals surface area contributed by atoms with Crippen LogP contribution in [0.4, 0.5) is 0 Å². The molecule has 2 atom stereocenters. The SMILES string of the molecule is CCNC(CCN1CCCC(O)C1)c1cccc(Br)c1. The molecule has 1 aromatic carbocycles. The van der Waals surface area contributed by atoms with Gasteiger partial charge in [0, 0.05) is 23.6 Å². The van der Waals surface area contributed by atoms with Gasteiger partial charge in [-0.15, -0.1) is 0 Å². The molecule has 1 aliphatic rings. The Kier molecular flexibility index (Phi) is 6.49. The predicted octanol–water partition coefficient (Wildman–Crippen LogP) is 2.95. The van der Waals surface area contributed by atoms with Gasteiger partial charge in [0.25, 0.3) is 0 Å². The maximum Gasteiger partial charge on any atom is 0.0667 e. The zero-order chi connectivity index (χ0) is 14.4. The molecule has 0 bridgehead atoms. The Labute approximate surface area is 130 Å². The van der Waals surface area contributed by atoms with Crippen molar-refractivity contribution in [2.75, 3.05) is 26.2 Å². The number of piperidine rings is 1. The lowest BCUT2D eigenvalue weighted by atomic mass is 10.0. The lowest BCUT2D eigenvalue weighted by Crippen LogP contribution is -2.39. The number of benzene rings is 1. The predicted molar refractivity (Wildman–Crippen MR) is 86.9 cm³/mol. The van der Waals surface area contributed by atoms with Crippen molar-refractivity contribution in [1.29, 1.82) is 0 Å². The number of nitrogens with one attached hydrogen (secondary N) is 1. The van der Waals surface area contributed by atoms with Crippen LogP contribution < -0.4 is 5.32 Å². The van der Waals surface area contributed by atoms with Crippen LogP contribution >= 0.6 is 15.9 Å². The van der Waals surface area contributed by atoms with Crippen LogP contribution in [0.5, 0.6) is 0 Å². The first-order valence-corrected chi connectivity index (χ1v) is 8.37. The van der Waals surface area contributed by atoms with Crippen LogP contribution in [-0.4, -0.2) is 42.3 Å². The number of halogens is 1. The monoisotopic (exact) mass is 340 g/mol. The van der Waals surface area contributed by atoms with Gasteiger partial charge < -0.3 is 15.3 Å². The second-order valence-electron chi connectivity index (χ2n) is 5.55. The molecule has 0 amide bonds. The molecular weight excluding hydrogens is 316 g/mol. The highest BCUT2D eigenvalue weighted by Crippen LogP contribution is 2.22. The number of hydrogen-bond donors (Lipinski definition) is 2. The van der Waals surface area contributed by atoms with Crippen LogP contribution in [0, 0.1) is 0 Å². The molecule has 0 aliphatic carbocycles. The number of aliphatic hydroxyl groups is 1. The van der Waals surface area contributed by atoms with Crippen molar-refractivity contribution in [2.24, 2.45) is 0 Å². The summed E-state index contributed by atoms with van der Waals surface area (Å²) in [5.74, 6) is 0. The van der Waals surface area contributed by atoms with Gasteiger partial charge in [0.1, 0.15) is 0 Å². The highest BCUT2D eigenvalue weighted by atomic mass is 79.9. The first-order chi connectivity index (χ1) is 9.69. The summed E-state index contributed by atoms with van der Waals surface area (Å²) in [6.07, 6.45) is 3.02. The molecule has 4 heteroatoms. The van der Waals surface area contributed by atoms with Gasteiger partial charge >= 0.3 is 0 Å². The molecule has 1 heterocycles. The highest BCUT2D eigenvalue weighted by molar-refractivity contribution is 9.10. The summed E-state index contributed by atoms with van der Waals surface area (Å²) < 4.78 is 1.13. The van der Waals surface area contributed by atoms with Crippen molar-refractivity contribution >= 4 is 15.9 Å². The molecule has 0 saturated carbocycles. The van der Waals surface area contributed by atoms with Gasteiger partial charge in [-0.25, -0.2) is 0 Å². The number of likely N-dealkylation sites (tertiary alicyclic amines) is 1. The van der Waals surface area contributed by atoms with Crippen molar-refractivity contribution in [3.05, 3.63) is 34.3 Å². The van der Waals surface area contributed by atoms with E-state index in [0.29, 0.717) is 6.04 Å². The standard InChI is InChI=1S/C16H25BrN2O/c1-2-18-16(13-5-3-6-14(17)11-13)8-10-19-9-4-7-15(20)12-19/h3,5-6,11,15-16,18,20H,2,4,7-10,12H2,1H3. The molecule has 3 nitrogen and oxygen atoms in total. The second kappa shape index (κ2) is 8.13. The molecule has 2 unspecified atom stereocenters. The molecule has 1 saturated heterocycles. The van der Waals surface area contributed by atoms with Gasteiger partial charge in [0.05, 0.1) is 6.10 Å². The molecule has 0 aromatic heterocycles. The second-order valence-corrected chi connectivity index (χ2v) is 6.47. The van der Waals surface area contributed by atoms with Gasteiger partial charge in [-0.2, -0.15) is 0 Å². The van der Waals surface area contributed by atoms with E-state index < -0.39 is 0 Å². The van der Waals surface area contributed by atoms with E-state index in [1.807, 2.05) is 0 Å². The molecule has 1 aromatic rings. The smallest absolute Gasteiger partial charge is 0.0667 e. The number of hydrogen-bond acceptors (Lipinski definition) is 3. The summed E-state index contributed by atoms with van der Waals surface area (Å²) in [5.41, 5.74) is 1.33. The molecule has 20 heavy (non-hydrogen) atoms. The Morgan fingerprint density at radius 1 is 1.50 bits per heavy atom. The lowest BCUT2D eigenvalue weighted by molar-refractivity contribution is 0.0685. The third-order valence-electron chi connectivity index (χ3n) is 3.92. The van der Waals surface area contributed by atoms with Crippen molar-refractivity contribution in [1.82, 2.24) is 10.2 Å². The van der Waals surface area contributed by atoms with Crippen LogP contribution in [0.3, 0.4) is 0 Å². The Bertz CT molecular complexity index is 413. The molecular formula is C16H25BrN2O. The highest BCUT2D eigenvalue weighted by Gasteiger charge is 2.19. The van der Waals surface area contributed by atoms with E-state index in [1.54, 1.807) is 0 Å². The fourth-order valence-corrected chi connectivity index (χ4v) is 3.32. The zero-order valence-corrected chi connectivity index (χ0v) is 13.8. The maximum absolute atomic E-state index is 9.74. The van der Waals surface area contributed by atoms with E-state index in [9.17, 15) is 5.11 Å². The van der Waals surface area contributed by atoms with E-state index in [-0.39, 0.29) is 6.10 Å². The van der Waals surface area contributed by atoms with Crippen molar-refractivity contribution in [3.8, 4) is 0 Å². The normalized spacial score (nSPS) is 21.9. The average molecular weight is 341 g/mol. The van der Waals surface area contributed by atoms with Crippen LogP contribution in [0.15, 0.2) is 28.7 Å². The Hall–Kier alpha value is -0.420. The Morgan fingerprint density at radius 2 is 2.35 bits per heavy atom. The van der Waals surface area contributed by atoms with Gasteiger partial charge in [-0.05, 0) is 50.0 Å². The number of rotatable bonds is 6. The maximum atomic E-state index is 9.74. The summed E-state index contributed by atoms with van der Waals surface area (Å²) in [4.78, 5) is 2.39. The molecule has 112 valence electrons. The van der Waals surface area contributed by atoms with E-state index in [4.69, 9.17) is 0 Å². The first-order valence-electron chi connectivity index (χ1n) is 7.58. The quantitative estimate of drug-likeness (QED) is 0.835. The van der Waals surface area contributed by atoms with Gasteiger partial charge in [-0.1, -0.05) is 35.0 Å². The molecule has 1 fully saturated rings. The van der Waals surface area contributed by atoms with E-state index in [1.165, 1.54) is 5.56 Å². The van der Waals surface area contributed by atoms with Gasteiger partial charge in [-0.3, -0.25) is 0 Å². The summed E-state index contributed by atoms with van der Waals surface area (Å²) in [6, 6.07) is 8.92. The van der Waals surface area contributed by atoms with E-state index >= 15 is 0 Å². The summed E-state index contributed by atoms with van der Waals surface area (Å²) in [6.45, 7) is 6.11. The van der Waals surface area contributed by atoms with Gasteiger partial charge in [0.15, 0.2) is 0 Å². The zero-order valence-electron chi connectivity index (χ0n) is 12.2. The lowest BCUT2D eigenvalue weighted by Gasteiger charge is -2.31. The number of aliphatic hydroxyl groups excluding tert-OH is 1. The Morgan fingerprint density at radius 3 is 3.05 bits per heavy atom. The first kappa shape index (κ1) is 16.0. The molecule has 0 spiro atoms. The van der Waals surface area contributed by atoms with Crippen molar-refractivity contribution in [3.63, 3.8) is 0 Å². The topological polar surface area (TPSA) is 35.5 Å². The van der Waals surface area contributed by atoms with Crippen molar-refractivity contribution < 1.29 is 5.11 Å². The third-order valence-corrected chi connectivity index (χ3v) is 4.41. The van der Waals surface area contributed by atoms with Crippen LogP contribution in [0.1, 0.15) is 37.8 Å². The molecule has 2 N–H and O–H groups in total. The fraction of sp³-hybridized carbons (Fsp3) is 0.625. The van der Waals surface area contributed by atoms with E-state index in [0.717, 1.165) is 49.9 Å². The summed E-state index contributed by atoms with van der Waals surface area (Å²) in [5, 5.41) is 13.3. The van der Waals surface area contributed by atoms with Crippen LogP contribution in [0.25, 0.3) is 0 Å². The molecule has 1 aliphatic heterocycles. The largest absolute Gasteiger partial charge is 0.392 e. The van der Waals surface area contributed by atoms with Gasteiger partial charge in [0.2, 0.25) is 0 Å². The minimum Gasteiger partial charge on any atom is -0.392 e. The van der Waals surface area contributed by atoms with Crippen LogP contribution in [-0.2, 0) is 0 Å². The van der Waals surface area contributed by atoms with E-state index in [2.05, 4.69) is 57.3 Å². The Balaban J connectivity index is 1.92. The number of β-amino-alcohol motifs (C(OH)–C–C–N with tert-alkyl or cyclic N) is 1. The number of nitrogens with zero attached hydrogens (tertiary/aromatic N) is 1. The molecule has 2 rings (SSSR count). The average Bonchev–Trinajstić information content (AvgIpc) is 2.43.